The predicted molar refractivity (Wildman–Crippen MR) is 94.9 cm³/mol. The molecule has 0 atom stereocenters. The predicted octanol–water partition coefficient (Wildman–Crippen LogP) is 2.09. The van der Waals surface area contributed by atoms with Gasteiger partial charge in [-0.05, 0) is 43.4 Å². The molecule has 24 heavy (non-hydrogen) atoms. The van der Waals surface area contributed by atoms with Crippen molar-refractivity contribution in [1.29, 1.82) is 0 Å². The standard InChI is InChI=1S/C18H22N4O2/c1-21-9-11-22(12-10-21)15-5-8-17(19-13-15)18(23)20-14-3-6-16(24-2)7-4-14/h3-8,13H,9-12H2,1-2H3,(H,20,23). The van der Waals surface area contributed by atoms with Crippen LogP contribution in [0.25, 0.3) is 0 Å². The number of piperazine rings is 1. The number of hydrogen-bond acceptors (Lipinski definition) is 5. The minimum Gasteiger partial charge on any atom is -0.497 e. The maximum atomic E-state index is 12.3. The molecule has 1 aromatic carbocycles. The fourth-order valence-electron chi connectivity index (χ4n) is 2.64. The van der Waals surface area contributed by atoms with Crippen LogP contribution in [0, 0.1) is 0 Å². The van der Waals surface area contributed by atoms with Gasteiger partial charge in [-0.25, -0.2) is 4.98 Å². The van der Waals surface area contributed by atoms with Gasteiger partial charge in [-0.2, -0.15) is 0 Å². The summed E-state index contributed by atoms with van der Waals surface area (Å²) in [7, 11) is 3.74. The lowest BCUT2D eigenvalue weighted by atomic mass is 10.2. The van der Waals surface area contributed by atoms with Crippen molar-refractivity contribution in [2.45, 2.75) is 0 Å². The second-order valence-electron chi connectivity index (χ2n) is 5.87. The second kappa shape index (κ2) is 7.31. The van der Waals surface area contributed by atoms with Crippen molar-refractivity contribution >= 4 is 17.3 Å². The molecule has 126 valence electrons. The highest BCUT2D eigenvalue weighted by atomic mass is 16.5. The highest BCUT2D eigenvalue weighted by Gasteiger charge is 2.15. The number of rotatable bonds is 4. The Morgan fingerprint density at radius 1 is 1.08 bits per heavy atom. The lowest BCUT2D eigenvalue weighted by Crippen LogP contribution is -2.44. The quantitative estimate of drug-likeness (QED) is 0.932. The molecule has 0 bridgehead atoms. The van der Waals surface area contributed by atoms with Gasteiger partial charge in [0.05, 0.1) is 19.0 Å². The first-order valence-corrected chi connectivity index (χ1v) is 8.00. The highest BCUT2D eigenvalue weighted by molar-refractivity contribution is 6.02. The third kappa shape index (κ3) is 3.83. The minimum absolute atomic E-state index is 0.218. The van der Waals surface area contributed by atoms with Gasteiger partial charge in [-0.3, -0.25) is 4.79 Å². The Kier molecular flexibility index (Phi) is 4.96. The zero-order valence-electron chi connectivity index (χ0n) is 14.0. The monoisotopic (exact) mass is 326 g/mol. The van der Waals surface area contributed by atoms with E-state index < -0.39 is 0 Å². The third-order valence-electron chi connectivity index (χ3n) is 4.20. The molecule has 1 aromatic heterocycles. The van der Waals surface area contributed by atoms with E-state index in [1.807, 2.05) is 6.07 Å². The van der Waals surface area contributed by atoms with Gasteiger partial charge in [-0.15, -0.1) is 0 Å². The number of likely N-dealkylation sites (N-methyl/N-ethyl adjacent to an activating group) is 1. The molecule has 1 aliphatic rings. The first kappa shape index (κ1) is 16.3. The van der Waals surface area contributed by atoms with E-state index in [2.05, 4.69) is 27.1 Å². The summed E-state index contributed by atoms with van der Waals surface area (Å²) in [4.78, 5) is 21.2. The second-order valence-corrected chi connectivity index (χ2v) is 5.87. The fourth-order valence-corrected chi connectivity index (χ4v) is 2.64. The number of aromatic nitrogens is 1. The number of nitrogens with zero attached hydrogens (tertiary/aromatic N) is 3. The Labute approximate surface area is 142 Å². The summed E-state index contributed by atoms with van der Waals surface area (Å²) in [6.07, 6.45) is 1.77. The van der Waals surface area contributed by atoms with Crippen molar-refractivity contribution < 1.29 is 9.53 Å². The Morgan fingerprint density at radius 3 is 2.38 bits per heavy atom. The molecule has 6 nitrogen and oxygen atoms in total. The van der Waals surface area contributed by atoms with E-state index in [1.165, 1.54) is 0 Å². The van der Waals surface area contributed by atoms with Crippen LogP contribution in [0.1, 0.15) is 10.5 Å². The summed E-state index contributed by atoms with van der Waals surface area (Å²) in [5.74, 6) is 0.535. The van der Waals surface area contributed by atoms with E-state index in [9.17, 15) is 4.79 Å². The Morgan fingerprint density at radius 2 is 1.79 bits per heavy atom. The Balaban J connectivity index is 1.62. The van der Waals surface area contributed by atoms with Gasteiger partial charge < -0.3 is 19.9 Å². The van der Waals surface area contributed by atoms with Crippen LogP contribution in [0.2, 0.25) is 0 Å². The van der Waals surface area contributed by atoms with Gasteiger partial charge in [-0.1, -0.05) is 0 Å². The zero-order valence-corrected chi connectivity index (χ0v) is 14.0. The number of methoxy groups -OCH3 is 1. The van der Waals surface area contributed by atoms with Crippen LogP contribution in [0.3, 0.4) is 0 Å². The number of hydrogen-bond donors (Lipinski definition) is 1. The first-order valence-electron chi connectivity index (χ1n) is 8.00. The molecule has 1 saturated heterocycles. The van der Waals surface area contributed by atoms with E-state index in [-0.39, 0.29) is 5.91 Å². The number of ether oxygens (including phenoxy) is 1. The normalized spacial score (nSPS) is 15.2. The van der Waals surface area contributed by atoms with Gasteiger partial charge in [0.1, 0.15) is 11.4 Å². The van der Waals surface area contributed by atoms with Crippen LogP contribution >= 0.6 is 0 Å². The molecule has 1 amide bonds. The highest BCUT2D eigenvalue weighted by Crippen LogP contribution is 2.17. The third-order valence-corrected chi connectivity index (χ3v) is 4.20. The van der Waals surface area contributed by atoms with Crippen LogP contribution in [0.4, 0.5) is 11.4 Å². The van der Waals surface area contributed by atoms with E-state index in [0.717, 1.165) is 37.6 Å². The summed E-state index contributed by atoms with van der Waals surface area (Å²) >= 11 is 0. The number of carbonyl (C=O) groups excluding carboxylic acids is 1. The van der Waals surface area contributed by atoms with Gasteiger partial charge in [0.15, 0.2) is 0 Å². The number of pyridine rings is 1. The maximum Gasteiger partial charge on any atom is 0.274 e. The summed E-state index contributed by atoms with van der Waals surface area (Å²) in [6, 6.07) is 10.9. The number of benzene rings is 1. The van der Waals surface area contributed by atoms with Crippen LogP contribution in [0.15, 0.2) is 42.6 Å². The van der Waals surface area contributed by atoms with Crippen molar-refractivity contribution in [2.24, 2.45) is 0 Å². The number of carbonyl (C=O) groups is 1. The summed E-state index contributed by atoms with van der Waals surface area (Å²) in [6.45, 7) is 4.05. The molecule has 6 heteroatoms. The summed E-state index contributed by atoms with van der Waals surface area (Å²) in [5.41, 5.74) is 2.18. The molecule has 2 heterocycles. The molecule has 0 spiro atoms. The van der Waals surface area contributed by atoms with Crippen molar-refractivity contribution in [2.75, 3.05) is 50.6 Å². The fraction of sp³-hybridized carbons (Fsp3) is 0.333. The maximum absolute atomic E-state index is 12.3. The molecule has 2 aromatic rings. The average Bonchev–Trinajstić information content (AvgIpc) is 2.63. The number of nitrogens with one attached hydrogen (secondary N) is 1. The van der Waals surface area contributed by atoms with E-state index in [1.54, 1.807) is 43.6 Å². The Hall–Kier alpha value is -2.60. The molecule has 1 fully saturated rings. The number of anilines is 2. The molecule has 0 radical (unpaired) electrons. The van der Waals surface area contributed by atoms with Crippen molar-refractivity contribution in [3.05, 3.63) is 48.3 Å². The van der Waals surface area contributed by atoms with Crippen molar-refractivity contribution in [1.82, 2.24) is 9.88 Å². The number of amides is 1. The molecular formula is C18H22N4O2. The zero-order chi connectivity index (χ0) is 16.9. The lowest BCUT2D eigenvalue weighted by molar-refractivity contribution is 0.102. The molecule has 0 aliphatic carbocycles. The van der Waals surface area contributed by atoms with Crippen LogP contribution < -0.4 is 15.0 Å². The van der Waals surface area contributed by atoms with E-state index in [4.69, 9.17) is 4.74 Å². The van der Waals surface area contributed by atoms with Gasteiger partial charge in [0.2, 0.25) is 0 Å². The van der Waals surface area contributed by atoms with Crippen LogP contribution in [-0.4, -0.2) is 56.1 Å². The lowest BCUT2D eigenvalue weighted by Gasteiger charge is -2.33. The SMILES string of the molecule is COc1ccc(NC(=O)c2ccc(N3CCN(C)CC3)cn2)cc1. The van der Waals surface area contributed by atoms with Crippen LogP contribution in [-0.2, 0) is 0 Å². The van der Waals surface area contributed by atoms with Gasteiger partial charge in [0, 0.05) is 31.9 Å². The average molecular weight is 326 g/mol. The molecule has 3 rings (SSSR count). The van der Waals surface area contributed by atoms with Gasteiger partial charge in [0.25, 0.3) is 5.91 Å². The van der Waals surface area contributed by atoms with Crippen molar-refractivity contribution in [3.63, 3.8) is 0 Å². The summed E-state index contributed by atoms with van der Waals surface area (Å²) in [5, 5.41) is 2.84. The van der Waals surface area contributed by atoms with Crippen LogP contribution in [0.5, 0.6) is 5.75 Å². The molecule has 0 unspecified atom stereocenters. The molecule has 1 N–H and O–H groups in total. The van der Waals surface area contributed by atoms with Crippen molar-refractivity contribution in [3.8, 4) is 5.75 Å². The molecule has 1 aliphatic heterocycles. The molecular weight excluding hydrogens is 304 g/mol. The van der Waals surface area contributed by atoms with Gasteiger partial charge >= 0.3 is 0 Å². The topological polar surface area (TPSA) is 57.7 Å². The largest absolute Gasteiger partial charge is 0.497 e. The summed E-state index contributed by atoms with van der Waals surface area (Å²) < 4.78 is 5.10. The molecule has 0 saturated carbocycles. The van der Waals surface area contributed by atoms with E-state index >= 15 is 0 Å². The first-order chi connectivity index (χ1) is 11.7. The van der Waals surface area contributed by atoms with E-state index in [0.29, 0.717) is 11.4 Å². The Bertz CT molecular complexity index is 677. The smallest absolute Gasteiger partial charge is 0.274 e. The minimum atomic E-state index is -0.218.